The van der Waals surface area contributed by atoms with Crippen LogP contribution in [-0.4, -0.2) is 219 Å². The number of amides is 4. The smallest absolute Gasteiger partial charge is 1.00 e. The Morgan fingerprint density at radius 3 is 0.596 bits per heavy atom. The van der Waals surface area contributed by atoms with Crippen LogP contribution in [0.3, 0.4) is 0 Å². The number of ether oxygens (including phenoxy) is 1. The number of nitrogens with two attached hydrogens (primary N) is 2. The van der Waals surface area contributed by atoms with Crippen LogP contribution in [0, 0.1) is 0 Å². The van der Waals surface area contributed by atoms with E-state index in [4.69, 9.17) is 0 Å². The summed E-state index contributed by atoms with van der Waals surface area (Å²) in [6.07, 6.45) is 0. The fourth-order valence-electron chi connectivity index (χ4n) is 3.22. The summed E-state index contributed by atoms with van der Waals surface area (Å²) in [5.74, 6) is -0.264. The third-order valence-corrected chi connectivity index (χ3v) is 8.53. The van der Waals surface area contributed by atoms with Gasteiger partial charge in [0, 0.05) is 62.8 Å². The SMILES string of the molecule is C.C.CC.CC(=O)N(C)C(C)(C)C(C)(C)N(C)C(C)=O.CC(=O)N(C)C(C)(C)C(C)(C)N(C)C(C)=O.CN.CN.COC(C)=O.[Ba+2].[Ba+2].[H-].[H-].[H-].[H-]. The number of carbonyl (C=O) groups excluding carboxylic acids is 5. The first kappa shape index (κ1) is 73.0. The van der Waals surface area contributed by atoms with Crippen molar-refractivity contribution in [2.24, 2.45) is 11.5 Å². The van der Waals surface area contributed by atoms with Crippen molar-refractivity contribution >= 4 is 127 Å². The summed E-state index contributed by atoms with van der Waals surface area (Å²) in [7, 11) is 11.4. The summed E-state index contributed by atoms with van der Waals surface area (Å²) in [6.45, 7) is 27.2. The standard InChI is InChI=1S/2C12H24N2O2.C3H6O2.C2H6.2CH5N.2CH4.2Ba.4H/c2*1-9(15)13(7)11(3,4)12(5,6)14(8)10(2)16;1-3(4)5-2;3*1-2;;;;;;;;/h2*1-8H3;1-2H3;1-2H3;2*2H2,1H3;2*1H4;;;;;;/q;;;;;;;;2*+2;4*-1. The Morgan fingerprint density at radius 2 is 0.553 bits per heavy atom. The Kier molecular flexibility index (Phi) is 54.1. The van der Waals surface area contributed by atoms with E-state index >= 15 is 0 Å². The van der Waals surface area contributed by atoms with Crippen LogP contribution in [-0.2, 0) is 28.7 Å². The molecule has 4 amide bonds. The molecule has 0 atom stereocenters. The van der Waals surface area contributed by atoms with E-state index in [-0.39, 0.29) is 148 Å². The van der Waals surface area contributed by atoms with Crippen molar-refractivity contribution in [3.8, 4) is 0 Å². The number of likely N-dealkylation sites (N-methyl/N-ethyl adjacent to an activating group) is 4. The molecule has 284 valence electrons. The van der Waals surface area contributed by atoms with Gasteiger partial charge >= 0.3 is 104 Å². The van der Waals surface area contributed by atoms with E-state index in [0.717, 1.165) is 0 Å². The van der Waals surface area contributed by atoms with Crippen molar-refractivity contribution < 1.29 is 34.4 Å². The molecule has 0 radical (unpaired) electrons. The third kappa shape index (κ3) is 25.1. The first-order valence-electron chi connectivity index (χ1n) is 14.4. The van der Waals surface area contributed by atoms with Gasteiger partial charge in [-0.05, 0) is 69.5 Å². The second-order valence-electron chi connectivity index (χ2n) is 11.2. The molecule has 0 saturated carbocycles. The Balaban J connectivity index is -0.0000000310. The van der Waals surface area contributed by atoms with Crippen molar-refractivity contribution in [1.82, 2.24) is 19.6 Å². The number of hydrogen-bond donors (Lipinski definition) is 2. The minimum atomic E-state index is -0.431. The quantitative estimate of drug-likeness (QED) is 0.295. The molecule has 0 heterocycles. The molecule has 0 unspecified atom stereocenters. The predicted octanol–water partition coefficient (Wildman–Crippen LogP) is 4.32. The average Bonchev–Trinajstić information content (AvgIpc) is 2.94. The fourth-order valence-corrected chi connectivity index (χ4v) is 3.22. The maximum absolute atomic E-state index is 11.5. The maximum Gasteiger partial charge on any atom is 2.00 e. The molecule has 47 heavy (non-hydrogen) atoms. The van der Waals surface area contributed by atoms with Crippen LogP contribution < -0.4 is 11.5 Å². The molecule has 0 rings (SSSR count). The Morgan fingerprint density at radius 1 is 0.468 bits per heavy atom. The Bertz CT molecular complexity index is 739. The average molecular weight is 934 g/mol. The summed E-state index contributed by atoms with van der Waals surface area (Å²) in [5.41, 5.74) is 7.27. The molecule has 0 aromatic carbocycles. The maximum atomic E-state index is 11.5. The van der Waals surface area contributed by atoms with Gasteiger partial charge in [0.1, 0.15) is 0 Å². The zero-order chi connectivity index (χ0) is 36.9. The number of nitrogens with zero attached hydrogens (tertiary/aromatic N) is 4. The molecular weight excluding hydrogens is 851 g/mol. The van der Waals surface area contributed by atoms with E-state index in [9.17, 15) is 24.0 Å². The minimum absolute atomic E-state index is 0. The van der Waals surface area contributed by atoms with Gasteiger partial charge in [0.2, 0.25) is 23.6 Å². The van der Waals surface area contributed by atoms with Gasteiger partial charge in [-0.3, -0.25) is 24.0 Å². The fraction of sp³-hybridized carbons (Fsp3) is 0.848. The third-order valence-electron chi connectivity index (χ3n) is 8.53. The molecule has 0 aliphatic carbocycles. The van der Waals surface area contributed by atoms with Gasteiger partial charge in [0.15, 0.2) is 0 Å². The first-order chi connectivity index (χ1) is 19.2. The molecule has 0 aromatic rings. The second-order valence-corrected chi connectivity index (χ2v) is 11.2. The summed E-state index contributed by atoms with van der Waals surface area (Å²) in [6, 6.07) is 0. The molecule has 0 spiro atoms. The topological polar surface area (TPSA) is 160 Å². The summed E-state index contributed by atoms with van der Waals surface area (Å²) >= 11 is 0. The van der Waals surface area contributed by atoms with Gasteiger partial charge < -0.3 is 41.5 Å². The summed E-state index contributed by atoms with van der Waals surface area (Å²) < 4.78 is 4.11. The van der Waals surface area contributed by atoms with E-state index in [1.54, 1.807) is 47.8 Å². The summed E-state index contributed by atoms with van der Waals surface area (Å²) in [4.78, 5) is 62.1. The van der Waals surface area contributed by atoms with Crippen LogP contribution in [0.5, 0.6) is 0 Å². The molecule has 0 aliphatic heterocycles. The van der Waals surface area contributed by atoms with Gasteiger partial charge in [0.05, 0.1) is 29.3 Å². The molecule has 0 aromatic heterocycles. The van der Waals surface area contributed by atoms with Gasteiger partial charge in [-0.25, -0.2) is 0 Å². The zero-order valence-corrected chi connectivity index (χ0v) is 42.2. The minimum Gasteiger partial charge on any atom is -1.00 e. The first-order valence-corrected chi connectivity index (χ1v) is 14.4. The van der Waals surface area contributed by atoms with Gasteiger partial charge in [0.25, 0.3) is 0 Å². The summed E-state index contributed by atoms with van der Waals surface area (Å²) in [5, 5.41) is 0. The molecular formula is C33H82Ba2N6O6. The van der Waals surface area contributed by atoms with Gasteiger partial charge in [-0.1, -0.05) is 28.7 Å². The number of carbonyl (C=O) groups is 5. The molecule has 12 nitrogen and oxygen atoms in total. The van der Waals surface area contributed by atoms with Crippen LogP contribution in [0.25, 0.3) is 0 Å². The van der Waals surface area contributed by atoms with Crippen molar-refractivity contribution in [1.29, 1.82) is 0 Å². The number of esters is 1. The van der Waals surface area contributed by atoms with Crippen molar-refractivity contribution in [3.05, 3.63) is 0 Å². The zero-order valence-electron chi connectivity index (χ0n) is 37.3. The van der Waals surface area contributed by atoms with Crippen LogP contribution in [0.2, 0.25) is 0 Å². The largest absolute Gasteiger partial charge is 2.00 e. The van der Waals surface area contributed by atoms with E-state index in [0.29, 0.717) is 0 Å². The van der Waals surface area contributed by atoms with Crippen LogP contribution in [0.4, 0.5) is 0 Å². The van der Waals surface area contributed by atoms with Crippen molar-refractivity contribution in [2.45, 2.75) is 141 Å². The molecule has 0 saturated heterocycles. The normalized spacial score (nSPS) is 9.45. The van der Waals surface area contributed by atoms with Gasteiger partial charge in [-0.2, -0.15) is 0 Å². The molecule has 0 aliphatic rings. The van der Waals surface area contributed by atoms with Crippen LogP contribution in [0.15, 0.2) is 0 Å². The predicted molar refractivity (Wildman–Crippen MR) is 209 cm³/mol. The van der Waals surface area contributed by atoms with E-state index in [1.165, 1.54) is 55.8 Å². The number of rotatable bonds is 6. The van der Waals surface area contributed by atoms with E-state index in [1.807, 2.05) is 69.2 Å². The van der Waals surface area contributed by atoms with Crippen molar-refractivity contribution in [2.75, 3.05) is 49.4 Å². The number of hydrogen-bond acceptors (Lipinski definition) is 8. The van der Waals surface area contributed by atoms with E-state index < -0.39 is 22.2 Å². The number of methoxy groups -OCH3 is 1. The monoisotopic (exact) mass is 934 g/mol. The Hall–Kier alpha value is 0.413. The van der Waals surface area contributed by atoms with Crippen LogP contribution >= 0.6 is 0 Å². The van der Waals surface area contributed by atoms with Crippen molar-refractivity contribution in [3.63, 3.8) is 0 Å². The van der Waals surface area contributed by atoms with E-state index in [2.05, 4.69) is 16.2 Å². The second kappa shape index (κ2) is 34.8. The molecule has 0 bridgehead atoms. The van der Waals surface area contributed by atoms with Gasteiger partial charge in [-0.15, -0.1) is 0 Å². The molecule has 14 heteroatoms. The molecule has 4 N–H and O–H groups in total. The van der Waals surface area contributed by atoms with Crippen LogP contribution in [0.1, 0.15) is 124 Å². The Labute approximate surface area is 378 Å². The molecule has 0 fully saturated rings.